The highest BCUT2D eigenvalue weighted by Crippen LogP contribution is 2.36. The summed E-state index contributed by atoms with van der Waals surface area (Å²) in [6.07, 6.45) is -3.98. The van der Waals surface area contributed by atoms with Gasteiger partial charge in [-0.15, -0.1) is 0 Å². The Labute approximate surface area is 247 Å². The summed E-state index contributed by atoms with van der Waals surface area (Å²) in [5, 5.41) is 0. The van der Waals surface area contributed by atoms with Crippen LogP contribution in [-0.2, 0) is 19.3 Å². The monoisotopic (exact) mass is 597 g/mol. The number of nitrogens with zero attached hydrogens (tertiary/aromatic N) is 5. The zero-order valence-electron chi connectivity index (χ0n) is 24.3. The van der Waals surface area contributed by atoms with Crippen LogP contribution in [0, 0.1) is 5.82 Å². The molecule has 2 fully saturated rings. The molecular formula is C32H35F4N5O2. The molecule has 3 heterocycles. The van der Waals surface area contributed by atoms with Crippen LogP contribution in [0.3, 0.4) is 0 Å². The first-order chi connectivity index (χ1) is 20.7. The lowest BCUT2D eigenvalue weighted by atomic mass is 10.1. The molecule has 43 heavy (non-hydrogen) atoms. The molecule has 11 heteroatoms. The number of imidazole rings is 1. The first kappa shape index (κ1) is 29.3. The van der Waals surface area contributed by atoms with E-state index in [9.17, 15) is 18.0 Å². The van der Waals surface area contributed by atoms with E-state index in [-0.39, 0.29) is 24.0 Å². The maximum atomic E-state index is 15.4. The fourth-order valence-corrected chi connectivity index (χ4v) is 6.52. The Morgan fingerprint density at radius 3 is 2.35 bits per heavy atom. The predicted molar refractivity (Wildman–Crippen MR) is 158 cm³/mol. The number of rotatable bonds is 7. The number of aromatic nitrogens is 2. The fourth-order valence-electron chi connectivity index (χ4n) is 6.52. The number of likely N-dealkylation sites (N-methyl/N-ethyl adjacent to an activating group) is 1. The summed E-state index contributed by atoms with van der Waals surface area (Å²) < 4.78 is 65.5. The molecular weight excluding hydrogens is 562 g/mol. The second kappa shape index (κ2) is 11.7. The lowest BCUT2D eigenvalue weighted by Crippen LogP contribution is -2.44. The second-order valence-corrected chi connectivity index (χ2v) is 11.4. The van der Waals surface area contributed by atoms with E-state index < -0.39 is 17.4 Å². The lowest BCUT2D eigenvalue weighted by Gasteiger charge is -2.33. The molecule has 2 aliphatic rings. The Balaban J connectivity index is 1.35. The Hall–Kier alpha value is -3.83. The molecule has 0 amide bonds. The van der Waals surface area contributed by atoms with Crippen LogP contribution in [0.25, 0.3) is 11.0 Å². The van der Waals surface area contributed by atoms with E-state index >= 15 is 4.39 Å². The summed E-state index contributed by atoms with van der Waals surface area (Å²) in [4.78, 5) is 20.7. The van der Waals surface area contributed by atoms with Crippen LogP contribution in [0.4, 0.5) is 23.2 Å². The highest BCUT2D eigenvalue weighted by Gasteiger charge is 2.35. The number of methoxy groups -OCH3 is 1. The molecule has 0 aliphatic carbocycles. The minimum absolute atomic E-state index is 0.00462. The standard InChI is InChI=1S/C32H35F4N5O2/c1-37-15-17-38(18-16-37)19-23-8-5-10-26(33)29(23)39-14-13-24(21-39)41-27-11-6-12-28(43-2)30(27)40(31(41)42)20-22-7-3-4-9-25(22)32(34,35)36/h3-12,24H,13-21H2,1-2H3. The van der Waals surface area contributed by atoms with Crippen LogP contribution in [0.1, 0.15) is 29.2 Å². The molecule has 3 aromatic carbocycles. The third-order valence-electron chi connectivity index (χ3n) is 8.72. The summed E-state index contributed by atoms with van der Waals surface area (Å²) >= 11 is 0. The number of fused-ring (bicyclic) bond motifs is 1. The van der Waals surface area contributed by atoms with Gasteiger partial charge >= 0.3 is 11.9 Å². The largest absolute Gasteiger partial charge is 0.494 e. The van der Waals surface area contributed by atoms with Gasteiger partial charge in [-0.05, 0) is 48.9 Å². The summed E-state index contributed by atoms with van der Waals surface area (Å²) in [7, 11) is 3.57. The van der Waals surface area contributed by atoms with Crippen molar-refractivity contribution in [3.63, 3.8) is 0 Å². The van der Waals surface area contributed by atoms with Gasteiger partial charge in [-0.25, -0.2) is 9.18 Å². The van der Waals surface area contributed by atoms with E-state index in [0.29, 0.717) is 48.5 Å². The number of anilines is 1. The Morgan fingerprint density at radius 1 is 0.884 bits per heavy atom. The van der Waals surface area contributed by atoms with E-state index in [0.717, 1.165) is 37.8 Å². The smallest absolute Gasteiger partial charge is 0.416 e. The topological polar surface area (TPSA) is 45.9 Å². The molecule has 1 aromatic heterocycles. The van der Waals surface area contributed by atoms with Crippen LogP contribution in [0.2, 0.25) is 0 Å². The maximum Gasteiger partial charge on any atom is 0.416 e. The second-order valence-electron chi connectivity index (χ2n) is 11.4. The van der Waals surface area contributed by atoms with E-state index in [4.69, 9.17) is 4.74 Å². The highest BCUT2D eigenvalue weighted by molar-refractivity contribution is 5.83. The number of benzene rings is 3. The van der Waals surface area contributed by atoms with E-state index in [1.165, 1.54) is 35.9 Å². The SMILES string of the molecule is COc1cccc2c1n(Cc1ccccc1C(F)(F)F)c(=O)n2C1CCN(c2c(F)cccc2CN2CCN(C)CC2)C1. The zero-order valence-corrected chi connectivity index (χ0v) is 24.3. The van der Waals surface area contributed by atoms with Gasteiger partial charge in [-0.3, -0.25) is 14.0 Å². The van der Waals surface area contributed by atoms with Gasteiger partial charge in [0.05, 0.1) is 36.5 Å². The van der Waals surface area contributed by atoms with Gasteiger partial charge in [-0.1, -0.05) is 36.4 Å². The van der Waals surface area contributed by atoms with Crippen molar-refractivity contribution in [1.29, 1.82) is 0 Å². The Kier molecular flexibility index (Phi) is 7.95. The van der Waals surface area contributed by atoms with Crippen LogP contribution in [0.15, 0.2) is 65.5 Å². The first-order valence-corrected chi connectivity index (χ1v) is 14.5. The molecule has 0 saturated carbocycles. The first-order valence-electron chi connectivity index (χ1n) is 14.5. The molecule has 1 unspecified atom stereocenters. The average Bonchev–Trinajstić information content (AvgIpc) is 3.56. The van der Waals surface area contributed by atoms with Gasteiger partial charge < -0.3 is 14.5 Å². The number of hydrogen-bond acceptors (Lipinski definition) is 5. The van der Waals surface area contributed by atoms with Crippen molar-refractivity contribution in [2.24, 2.45) is 0 Å². The third-order valence-corrected chi connectivity index (χ3v) is 8.72. The predicted octanol–water partition coefficient (Wildman–Crippen LogP) is 5.22. The van der Waals surface area contributed by atoms with Crippen LogP contribution >= 0.6 is 0 Å². The number of halogens is 4. The molecule has 6 rings (SSSR count). The van der Waals surface area contributed by atoms with Gasteiger partial charge in [0.25, 0.3) is 0 Å². The quantitative estimate of drug-likeness (QED) is 0.274. The number of hydrogen-bond donors (Lipinski definition) is 0. The van der Waals surface area contributed by atoms with Gasteiger partial charge in [0.1, 0.15) is 17.1 Å². The van der Waals surface area contributed by atoms with Gasteiger partial charge in [0.15, 0.2) is 0 Å². The highest BCUT2D eigenvalue weighted by atomic mass is 19.4. The molecule has 0 spiro atoms. The summed E-state index contributed by atoms with van der Waals surface area (Å²) in [5.41, 5.74) is 1.27. The maximum absolute atomic E-state index is 15.4. The molecule has 2 saturated heterocycles. The zero-order chi connectivity index (χ0) is 30.3. The van der Waals surface area contributed by atoms with Crippen molar-refractivity contribution >= 4 is 16.7 Å². The minimum atomic E-state index is -4.56. The number of alkyl halides is 3. The summed E-state index contributed by atoms with van der Waals surface area (Å²) in [5.74, 6) is 0.101. The van der Waals surface area contributed by atoms with Gasteiger partial charge in [0, 0.05) is 45.8 Å². The lowest BCUT2D eigenvalue weighted by molar-refractivity contribution is -0.138. The van der Waals surface area contributed by atoms with Crippen LogP contribution in [0.5, 0.6) is 5.75 Å². The number of ether oxygens (including phenoxy) is 1. The van der Waals surface area contributed by atoms with Crippen LogP contribution in [-0.4, -0.2) is 72.4 Å². The molecule has 228 valence electrons. The normalized spacial score (nSPS) is 18.6. The summed E-state index contributed by atoms with van der Waals surface area (Å²) in [6.45, 7) is 5.04. The third kappa shape index (κ3) is 5.63. The van der Waals surface area contributed by atoms with Crippen molar-refractivity contribution in [2.75, 3.05) is 58.3 Å². The molecule has 0 bridgehead atoms. The van der Waals surface area contributed by atoms with Gasteiger partial charge in [-0.2, -0.15) is 13.2 Å². The summed E-state index contributed by atoms with van der Waals surface area (Å²) in [6, 6.07) is 15.4. The van der Waals surface area contributed by atoms with Crippen molar-refractivity contribution in [2.45, 2.75) is 31.7 Å². The van der Waals surface area contributed by atoms with Crippen molar-refractivity contribution in [3.8, 4) is 5.75 Å². The molecule has 1 atom stereocenters. The van der Waals surface area contributed by atoms with E-state index in [1.807, 2.05) is 11.0 Å². The Morgan fingerprint density at radius 2 is 1.60 bits per heavy atom. The van der Waals surface area contributed by atoms with Crippen molar-refractivity contribution < 1.29 is 22.3 Å². The van der Waals surface area contributed by atoms with E-state index in [1.54, 1.807) is 28.8 Å². The fraction of sp³-hybridized carbons (Fsp3) is 0.406. The van der Waals surface area contributed by atoms with Crippen LogP contribution < -0.4 is 15.3 Å². The van der Waals surface area contributed by atoms with E-state index in [2.05, 4.69) is 16.8 Å². The molecule has 0 N–H and O–H groups in total. The Bertz CT molecular complexity index is 1670. The van der Waals surface area contributed by atoms with Crippen molar-refractivity contribution in [3.05, 3.63) is 93.7 Å². The minimum Gasteiger partial charge on any atom is -0.494 e. The number of piperazine rings is 1. The molecule has 7 nitrogen and oxygen atoms in total. The average molecular weight is 598 g/mol. The number of para-hydroxylation sites is 2. The molecule has 4 aromatic rings. The molecule has 0 radical (unpaired) electrons. The van der Waals surface area contributed by atoms with Crippen molar-refractivity contribution in [1.82, 2.24) is 18.9 Å². The molecule has 2 aliphatic heterocycles. The van der Waals surface area contributed by atoms with Gasteiger partial charge in [0.2, 0.25) is 0 Å².